The van der Waals surface area contributed by atoms with Gasteiger partial charge in [-0.25, -0.2) is 15.0 Å². The van der Waals surface area contributed by atoms with E-state index in [1.165, 1.54) is 0 Å². The van der Waals surface area contributed by atoms with Crippen LogP contribution >= 0.6 is 0 Å². The number of aliphatic hydroxyl groups excluding tert-OH is 1. The van der Waals surface area contributed by atoms with Crippen molar-refractivity contribution in [2.45, 2.75) is 25.3 Å². The van der Waals surface area contributed by atoms with Crippen LogP contribution in [0, 0.1) is 0 Å². The molecule has 4 rings (SSSR count). The molecule has 130 valence electrons. The van der Waals surface area contributed by atoms with Crippen molar-refractivity contribution in [2.75, 3.05) is 29.9 Å². The standard InChI is InChI=1S/C18H22N6O/c25-12-15-4-3-9-24(15)18-10-16(20-13-21-18)19-7-6-14-11-23-8-2-1-5-17(23)22-14/h1-2,5,8,10-11,13,15,25H,3-4,6-7,9,12H2,(H,19,20,21). The van der Waals surface area contributed by atoms with Crippen LogP contribution in [0.1, 0.15) is 18.5 Å². The molecule has 0 bridgehead atoms. The average molecular weight is 338 g/mol. The second-order valence-electron chi connectivity index (χ2n) is 6.31. The number of hydrogen-bond donors (Lipinski definition) is 2. The number of anilines is 2. The molecule has 1 aliphatic rings. The molecule has 0 aromatic carbocycles. The summed E-state index contributed by atoms with van der Waals surface area (Å²) in [5, 5.41) is 12.8. The quantitative estimate of drug-likeness (QED) is 0.713. The Morgan fingerprint density at radius 3 is 3.12 bits per heavy atom. The van der Waals surface area contributed by atoms with E-state index in [0.717, 1.165) is 55.3 Å². The van der Waals surface area contributed by atoms with Crippen molar-refractivity contribution in [3.63, 3.8) is 0 Å². The number of imidazole rings is 1. The Bertz CT molecular complexity index is 815. The molecule has 3 aromatic heterocycles. The van der Waals surface area contributed by atoms with E-state index in [1.807, 2.05) is 34.9 Å². The molecule has 0 spiro atoms. The minimum absolute atomic E-state index is 0.167. The molecule has 0 aliphatic carbocycles. The minimum atomic E-state index is 0.167. The van der Waals surface area contributed by atoms with Crippen molar-refractivity contribution in [1.29, 1.82) is 0 Å². The van der Waals surface area contributed by atoms with Gasteiger partial charge in [-0.05, 0) is 25.0 Å². The monoisotopic (exact) mass is 338 g/mol. The van der Waals surface area contributed by atoms with Crippen molar-refractivity contribution < 1.29 is 5.11 Å². The largest absolute Gasteiger partial charge is 0.394 e. The van der Waals surface area contributed by atoms with Crippen molar-refractivity contribution in [3.05, 3.63) is 48.7 Å². The van der Waals surface area contributed by atoms with E-state index in [-0.39, 0.29) is 12.6 Å². The van der Waals surface area contributed by atoms with Crippen molar-refractivity contribution >= 4 is 17.3 Å². The van der Waals surface area contributed by atoms with Crippen LogP contribution in [0.25, 0.3) is 5.65 Å². The summed E-state index contributed by atoms with van der Waals surface area (Å²) in [6.45, 7) is 1.85. The molecule has 1 atom stereocenters. The fourth-order valence-electron chi connectivity index (χ4n) is 3.35. The zero-order valence-electron chi connectivity index (χ0n) is 14.0. The third kappa shape index (κ3) is 3.41. The predicted molar refractivity (Wildman–Crippen MR) is 96.9 cm³/mol. The highest BCUT2D eigenvalue weighted by molar-refractivity contribution is 5.50. The lowest BCUT2D eigenvalue weighted by Gasteiger charge is -2.24. The van der Waals surface area contributed by atoms with Crippen LogP contribution in [0.3, 0.4) is 0 Å². The summed E-state index contributed by atoms with van der Waals surface area (Å²) in [5.74, 6) is 1.68. The molecule has 2 N–H and O–H groups in total. The molecular weight excluding hydrogens is 316 g/mol. The first-order chi connectivity index (χ1) is 12.3. The maximum Gasteiger partial charge on any atom is 0.136 e. The van der Waals surface area contributed by atoms with Gasteiger partial charge < -0.3 is 19.7 Å². The number of aliphatic hydroxyl groups is 1. The first-order valence-corrected chi connectivity index (χ1v) is 8.69. The van der Waals surface area contributed by atoms with Crippen molar-refractivity contribution in [3.8, 4) is 0 Å². The second-order valence-corrected chi connectivity index (χ2v) is 6.31. The maximum atomic E-state index is 9.48. The van der Waals surface area contributed by atoms with Gasteiger partial charge in [-0.1, -0.05) is 6.07 Å². The Labute approximate surface area is 146 Å². The highest BCUT2D eigenvalue weighted by Crippen LogP contribution is 2.24. The molecule has 1 unspecified atom stereocenters. The van der Waals surface area contributed by atoms with Crippen LogP contribution in [0.2, 0.25) is 0 Å². The third-order valence-corrected chi connectivity index (χ3v) is 4.64. The van der Waals surface area contributed by atoms with Gasteiger partial charge in [-0.2, -0.15) is 0 Å². The topological polar surface area (TPSA) is 78.6 Å². The fraction of sp³-hybridized carbons (Fsp3) is 0.389. The molecule has 3 aromatic rings. The Morgan fingerprint density at radius 1 is 1.28 bits per heavy atom. The fourth-order valence-corrected chi connectivity index (χ4v) is 3.35. The van der Waals surface area contributed by atoms with Gasteiger partial charge in [0.25, 0.3) is 0 Å². The van der Waals surface area contributed by atoms with E-state index in [4.69, 9.17) is 0 Å². The van der Waals surface area contributed by atoms with Crippen LogP contribution in [0.5, 0.6) is 0 Å². The van der Waals surface area contributed by atoms with E-state index >= 15 is 0 Å². The number of aromatic nitrogens is 4. The molecule has 1 fully saturated rings. The smallest absolute Gasteiger partial charge is 0.136 e. The van der Waals surface area contributed by atoms with E-state index in [1.54, 1.807) is 6.33 Å². The van der Waals surface area contributed by atoms with Crippen LogP contribution in [-0.4, -0.2) is 50.2 Å². The van der Waals surface area contributed by atoms with Crippen LogP contribution in [0.4, 0.5) is 11.6 Å². The SMILES string of the molecule is OCC1CCCN1c1cc(NCCc2cn3ccccc3n2)ncn1. The zero-order valence-corrected chi connectivity index (χ0v) is 14.0. The normalized spacial score (nSPS) is 17.3. The summed E-state index contributed by atoms with van der Waals surface area (Å²) in [4.78, 5) is 15.4. The number of nitrogens with zero attached hydrogens (tertiary/aromatic N) is 5. The molecule has 7 nitrogen and oxygen atoms in total. The van der Waals surface area contributed by atoms with Crippen molar-refractivity contribution in [1.82, 2.24) is 19.4 Å². The Balaban J connectivity index is 1.38. The maximum absolute atomic E-state index is 9.48. The molecule has 0 saturated carbocycles. The summed E-state index contributed by atoms with van der Waals surface area (Å²) in [6.07, 6.45) is 8.56. The van der Waals surface area contributed by atoms with Gasteiger partial charge in [0, 0.05) is 38.0 Å². The van der Waals surface area contributed by atoms with E-state index in [0.29, 0.717) is 0 Å². The van der Waals surface area contributed by atoms with Crippen molar-refractivity contribution in [2.24, 2.45) is 0 Å². The lowest BCUT2D eigenvalue weighted by atomic mass is 10.2. The van der Waals surface area contributed by atoms with Crippen LogP contribution in [0.15, 0.2) is 43.0 Å². The number of pyridine rings is 1. The molecule has 1 aliphatic heterocycles. The third-order valence-electron chi connectivity index (χ3n) is 4.64. The van der Waals surface area contributed by atoms with E-state index < -0.39 is 0 Å². The van der Waals surface area contributed by atoms with Gasteiger partial charge >= 0.3 is 0 Å². The van der Waals surface area contributed by atoms with E-state index in [2.05, 4.69) is 31.4 Å². The molecule has 25 heavy (non-hydrogen) atoms. The lowest BCUT2D eigenvalue weighted by molar-refractivity contribution is 0.266. The summed E-state index contributed by atoms with van der Waals surface area (Å²) in [7, 11) is 0. The highest BCUT2D eigenvalue weighted by atomic mass is 16.3. The molecule has 7 heteroatoms. The average Bonchev–Trinajstić information content (AvgIpc) is 3.28. The molecule has 1 saturated heterocycles. The first-order valence-electron chi connectivity index (χ1n) is 8.69. The van der Waals surface area contributed by atoms with Gasteiger partial charge in [-0.3, -0.25) is 0 Å². The lowest BCUT2D eigenvalue weighted by Crippen LogP contribution is -2.32. The molecular formula is C18H22N6O. The number of rotatable bonds is 6. The summed E-state index contributed by atoms with van der Waals surface area (Å²) in [5.41, 5.74) is 2.01. The van der Waals surface area contributed by atoms with Gasteiger partial charge in [0.2, 0.25) is 0 Å². The van der Waals surface area contributed by atoms with Crippen LogP contribution < -0.4 is 10.2 Å². The number of nitrogens with one attached hydrogen (secondary N) is 1. The molecule has 0 amide bonds. The van der Waals surface area contributed by atoms with Gasteiger partial charge in [0.05, 0.1) is 18.3 Å². The number of fused-ring (bicyclic) bond motifs is 1. The highest BCUT2D eigenvalue weighted by Gasteiger charge is 2.25. The Kier molecular flexibility index (Phi) is 4.47. The summed E-state index contributed by atoms with van der Waals surface area (Å²) in [6, 6.07) is 8.11. The minimum Gasteiger partial charge on any atom is -0.394 e. The predicted octanol–water partition coefficient (Wildman–Crippen LogP) is 1.74. The zero-order chi connectivity index (χ0) is 17.1. The number of hydrogen-bond acceptors (Lipinski definition) is 6. The van der Waals surface area contributed by atoms with Gasteiger partial charge in [0.1, 0.15) is 23.6 Å². The Morgan fingerprint density at radius 2 is 2.24 bits per heavy atom. The molecule has 4 heterocycles. The molecule has 0 radical (unpaired) electrons. The van der Waals surface area contributed by atoms with Gasteiger partial charge in [-0.15, -0.1) is 0 Å². The van der Waals surface area contributed by atoms with Gasteiger partial charge in [0.15, 0.2) is 0 Å². The Hall–Kier alpha value is -2.67. The van der Waals surface area contributed by atoms with Crippen LogP contribution in [-0.2, 0) is 6.42 Å². The summed E-state index contributed by atoms with van der Waals surface area (Å²) < 4.78 is 2.03. The second kappa shape index (κ2) is 7.06. The first kappa shape index (κ1) is 15.8. The van der Waals surface area contributed by atoms with E-state index in [9.17, 15) is 5.11 Å². The summed E-state index contributed by atoms with van der Waals surface area (Å²) >= 11 is 0.